The van der Waals surface area contributed by atoms with Gasteiger partial charge in [0.25, 0.3) is 0 Å². The van der Waals surface area contributed by atoms with E-state index in [1.165, 1.54) is 12.1 Å². The van der Waals surface area contributed by atoms with E-state index in [4.69, 9.17) is 0 Å². The molecule has 0 amide bonds. The Bertz CT molecular complexity index is 780. The van der Waals surface area contributed by atoms with Crippen LogP contribution in [-0.2, 0) is 10.1 Å². The number of hydrogen-bond donors (Lipinski definition) is 0. The van der Waals surface area contributed by atoms with E-state index in [1.54, 1.807) is 24.3 Å². The van der Waals surface area contributed by atoms with E-state index < -0.39 is 21.4 Å². The third kappa shape index (κ3) is 3.28. The minimum atomic E-state index is -5.70. The maximum absolute atomic E-state index is 12.2. The van der Waals surface area contributed by atoms with Crippen molar-refractivity contribution in [3.05, 3.63) is 54.1 Å². The second-order valence-corrected chi connectivity index (χ2v) is 5.75. The molecule has 4 nitrogen and oxygen atoms in total. The highest BCUT2D eigenvalue weighted by molar-refractivity contribution is 7.88. The molecule has 0 unspecified atom stereocenters. The molecule has 0 aliphatic carbocycles. The zero-order valence-electron chi connectivity index (χ0n) is 10.9. The Labute approximate surface area is 124 Å². The van der Waals surface area contributed by atoms with E-state index in [0.717, 1.165) is 12.1 Å². The van der Waals surface area contributed by atoms with Gasteiger partial charge in [-0.05, 0) is 23.3 Å². The summed E-state index contributed by atoms with van der Waals surface area (Å²) in [6.07, 6.45) is 0.647. The first-order valence-electron chi connectivity index (χ1n) is 5.90. The van der Waals surface area contributed by atoms with Crippen LogP contribution in [0.5, 0.6) is 5.75 Å². The van der Waals surface area contributed by atoms with Crippen molar-refractivity contribution < 1.29 is 30.6 Å². The summed E-state index contributed by atoms with van der Waals surface area (Å²) < 4.78 is 62.4. The topological polar surface area (TPSA) is 60.4 Å². The average Bonchev–Trinajstić information content (AvgIpc) is 2.46. The zero-order chi connectivity index (χ0) is 16.4. The Kier molecular flexibility index (Phi) is 4.23. The number of rotatable bonds is 4. The second kappa shape index (κ2) is 5.80. The molecule has 8 heteroatoms. The average molecular weight is 330 g/mol. The van der Waals surface area contributed by atoms with Crippen molar-refractivity contribution in [2.75, 3.05) is 0 Å². The molecule has 2 aromatic carbocycles. The van der Waals surface area contributed by atoms with Gasteiger partial charge in [-0.25, -0.2) is 0 Å². The van der Waals surface area contributed by atoms with Crippen LogP contribution < -0.4 is 4.18 Å². The van der Waals surface area contributed by atoms with Crippen LogP contribution in [0.1, 0.15) is 10.4 Å². The Morgan fingerprint density at radius 2 is 1.55 bits per heavy atom. The molecule has 0 radical (unpaired) electrons. The van der Waals surface area contributed by atoms with Crippen LogP contribution in [0.15, 0.2) is 48.5 Å². The lowest BCUT2D eigenvalue weighted by Gasteiger charge is -2.10. The fraction of sp³-hybridized carbons (Fsp3) is 0.0714. The molecule has 0 aromatic heterocycles. The van der Waals surface area contributed by atoms with E-state index in [2.05, 4.69) is 4.18 Å². The predicted molar refractivity (Wildman–Crippen MR) is 72.9 cm³/mol. The van der Waals surface area contributed by atoms with Crippen LogP contribution in [0.4, 0.5) is 13.2 Å². The molecule has 2 aromatic rings. The summed E-state index contributed by atoms with van der Waals surface area (Å²) in [5.74, 6) is -0.468. The molecule has 2 rings (SSSR count). The van der Waals surface area contributed by atoms with Crippen molar-refractivity contribution in [1.82, 2.24) is 0 Å². The summed E-state index contributed by atoms with van der Waals surface area (Å²) in [5.41, 5.74) is -3.98. The molecule has 0 aliphatic heterocycles. The van der Waals surface area contributed by atoms with Crippen molar-refractivity contribution >= 4 is 16.4 Å². The monoisotopic (exact) mass is 330 g/mol. The molecule has 0 heterocycles. The van der Waals surface area contributed by atoms with Gasteiger partial charge in [0.05, 0.1) is 0 Å². The van der Waals surface area contributed by atoms with Crippen LogP contribution in [0, 0.1) is 0 Å². The molecule has 0 aliphatic rings. The molecule has 116 valence electrons. The highest BCUT2D eigenvalue weighted by Crippen LogP contribution is 2.29. The molecular weight excluding hydrogens is 321 g/mol. The minimum absolute atomic E-state index is 0.402. The molecule has 0 fully saturated rings. The Balaban J connectivity index is 2.30. The van der Waals surface area contributed by atoms with Gasteiger partial charge in [0.15, 0.2) is 6.29 Å². The number of carbonyl (C=O) groups is 1. The number of carbonyl (C=O) groups excluding carboxylic acids is 1. The van der Waals surface area contributed by atoms with Crippen molar-refractivity contribution in [2.24, 2.45) is 0 Å². The third-order valence-electron chi connectivity index (χ3n) is 2.74. The molecule has 0 saturated heterocycles. The molecular formula is C14H9F3O4S. The first-order chi connectivity index (χ1) is 10.2. The van der Waals surface area contributed by atoms with Crippen LogP contribution in [-0.4, -0.2) is 20.2 Å². The zero-order valence-corrected chi connectivity index (χ0v) is 11.7. The van der Waals surface area contributed by atoms with Crippen molar-refractivity contribution in [3.63, 3.8) is 0 Å². The van der Waals surface area contributed by atoms with Gasteiger partial charge >= 0.3 is 15.6 Å². The summed E-state index contributed by atoms with van der Waals surface area (Å²) in [6.45, 7) is 0. The van der Waals surface area contributed by atoms with Gasteiger partial charge in [-0.2, -0.15) is 21.6 Å². The van der Waals surface area contributed by atoms with Crippen molar-refractivity contribution in [1.29, 1.82) is 0 Å². The standard InChI is InChI=1S/C14H9F3O4S/c15-14(16,17)22(19,20)21-12-7-5-10(6-8-12)13-4-2-1-3-11(13)9-18/h1-9H. The van der Waals surface area contributed by atoms with E-state index in [-0.39, 0.29) is 0 Å². The highest BCUT2D eigenvalue weighted by Gasteiger charge is 2.48. The quantitative estimate of drug-likeness (QED) is 0.490. The lowest BCUT2D eigenvalue weighted by atomic mass is 10.0. The third-order valence-corrected chi connectivity index (χ3v) is 3.72. The van der Waals surface area contributed by atoms with E-state index in [1.807, 2.05) is 0 Å². The van der Waals surface area contributed by atoms with Gasteiger partial charge in [-0.15, -0.1) is 0 Å². The normalized spacial score (nSPS) is 12.0. The van der Waals surface area contributed by atoms with E-state index in [9.17, 15) is 26.4 Å². The summed E-state index contributed by atoms with van der Waals surface area (Å²) in [6, 6.07) is 11.5. The largest absolute Gasteiger partial charge is 0.534 e. The molecule has 0 N–H and O–H groups in total. The fourth-order valence-electron chi connectivity index (χ4n) is 1.73. The summed E-state index contributed by atoms with van der Waals surface area (Å²) in [7, 11) is -5.70. The molecule has 0 spiro atoms. The number of aldehydes is 1. The van der Waals surface area contributed by atoms with Gasteiger partial charge in [0, 0.05) is 5.56 Å². The molecule has 0 atom stereocenters. The van der Waals surface area contributed by atoms with E-state index in [0.29, 0.717) is 23.0 Å². The first kappa shape index (κ1) is 16.0. The SMILES string of the molecule is O=Cc1ccccc1-c1ccc(OS(=O)(=O)C(F)(F)F)cc1. The van der Waals surface area contributed by atoms with Gasteiger partial charge in [0.2, 0.25) is 0 Å². The highest BCUT2D eigenvalue weighted by atomic mass is 32.2. The maximum atomic E-state index is 12.2. The van der Waals surface area contributed by atoms with Gasteiger partial charge < -0.3 is 4.18 Å². The van der Waals surface area contributed by atoms with Crippen LogP contribution in [0.3, 0.4) is 0 Å². The molecule has 22 heavy (non-hydrogen) atoms. The lowest BCUT2D eigenvalue weighted by molar-refractivity contribution is -0.0500. The first-order valence-corrected chi connectivity index (χ1v) is 7.31. The van der Waals surface area contributed by atoms with Crippen LogP contribution in [0.2, 0.25) is 0 Å². The van der Waals surface area contributed by atoms with Gasteiger partial charge in [0.1, 0.15) is 5.75 Å². The minimum Gasteiger partial charge on any atom is -0.376 e. The van der Waals surface area contributed by atoms with Crippen LogP contribution in [0.25, 0.3) is 11.1 Å². The Morgan fingerprint density at radius 1 is 0.955 bits per heavy atom. The smallest absolute Gasteiger partial charge is 0.376 e. The summed E-state index contributed by atoms with van der Waals surface area (Å²) in [5, 5.41) is 0. The summed E-state index contributed by atoms with van der Waals surface area (Å²) >= 11 is 0. The fourth-order valence-corrected chi connectivity index (χ4v) is 2.19. The van der Waals surface area contributed by atoms with Crippen LogP contribution >= 0.6 is 0 Å². The predicted octanol–water partition coefficient (Wildman–Crippen LogP) is 3.39. The Morgan fingerprint density at radius 3 is 2.09 bits per heavy atom. The lowest BCUT2D eigenvalue weighted by Crippen LogP contribution is -2.28. The maximum Gasteiger partial charge on any atom is 0.534 e. The number of halogens is 3. The van der Waals surface area contributed by atoms with Gasteiger partial charge in [-0.3, -0.25) is 4.79 Å². The molecule has 0 bridgehead atoms. The number of alkyl halides is 3. The number of benzene rings is 2. The number of hydrogen-bond acceptors (Lipinski definition) is 4. The Hall–Kier alpha value is -2.35. The summed E-state index contributed by atoms with van der Waals surface area (Å²) in [4.78, 5) is 10.9. The second-order valence-electron chi connectivity index (χ2n) is 4.21. The molecule has 0 saturated carbocycles. The van der Waals surface area contributed by atoms with Crippen molar-refractivity contribution in [2.45, 2.75) is 5.51 Å². The van der Waals surface area contributed by atoms with Gasteiger partial charge in [-0.1, -0.05) is 36.4 Å². The van der Waals surface area contributed by atoms with Crippen molar-refractivity contribution in [3.8, 4) is 16.9 Å². The van der Waals surface area contributed by atoms with E-state index >= 15 is 0 Å².